The maximum atomic E-state index is 5.47. The first-order valence-electron chi connectivity index (χ1n) is 7.59. The molecule has 0 aromatic carbocycles. The van der Waals surface area contributed by atoms with Crippen LogP contribution in [0.25, 0.3) is 0 Å². The number of likely N-dealkylation sites (N-methyl/N-ethyl adjacent to an activating group) is 1. The Morgan fingerprint density at radius 3 is 2.85 bits per heavy atom. The van der Waals surface area contributed by atoms with Gasteiger partial charge < -0.3 is 10.7 Å². The van der Waals surface area contributed by atoms with Gasteiger partial charge in [-0.1, -0.05) is 13.8 Å². The molecule has 6 heteroatoms. The van der Waals surface area contributed by atoms with Gasteiger partial charge in [0.2, 0.25) is 0 Å². The second-order valence-corrected chi connectivity index (χ2v) is 5.25. The molecular formula is C14H26N6. The molecule has 0 bridgehead atoms. The number of nitrogens with one attached hydrogen (secondary N) is 2. The standard InChI is InChI=1S/C14H26N6/c1-3-6-12-17-13(9-14(18-12)19-15)16-10-11-7-5-8-20(11)4-2/h9,11H,3-8,10,15H2,1-2H3,(H2,16,17,18,19). The summed E-state index contributed by atoms with van der Waals surface area (Å²) in [5.41, 5.74) is 2.61. The van der Waals surface area contributed by atoms with E-state index in [0.29, 0.717) is 11.9 Å². The van der Waals surface area contributed by atoms with Crippen LogP contribution in [-0.4, -0.2) is 40.5 Å². The first-order chi connectivity index (χ1) is 9.76. The van der Waals surface area contributed by atoms with E-state index in [1.54, 1.807) is 0 Å². The number of hydrazine groups is 1. The molecule has 0 aliphatic carbocycles. The van der Waals surface area contributed by atoms with Crippen molar-refractivity contribution in [2.75, 3.05) is 30.4 Å². The normalized spacial score (nSPS) is 19.2. The maximum Gasteiger partial charge on any atom is 0.145 e. The molecule has 6 nitrogen and oxygen atoms in total. The Morgan fingerprint density at radius 2 is 2.15 bits per heavy atom. The molecule has 1 fully saturated rings. The minimum absolute atomic E-state index is 0.610. The number of likely N-dealkylation sites (tertiary alicyclic amines) is 1. The Labute approximate surface area is 121 Å². The smallest absolute Gasteiger partial charge is 0.145 e. The van der Waals surface area contributed by atoms with E-state index >= 15 is 0 Å². The number of anilines is 2. The summed E-state index contributed by atoms with van der Waals surface area (Å²) < 4.78 is 0. The number of hydrogen-bond donors (Lipinski definition) is 3. The van der Waals surface area contributed by atoms with Crippen LogP contribution < -0.4 is 16.6 Å². The molecule has 1 aliphatic heterocycles. The molecule has 0 spiro atoms. The van der Waals surface area contributed by atoms with Gasteiger partial charge in [-0.2, -0.15) is 0 Å². The van der Waals surface area contributed by atoms with Gasteiger partial charge >= 0.3 is 0 Å². The number of aromatic nitrogens is 2. The van der Waals surface area contributed by atoms with E-state index in [0.717, 1.165) is 37.6 Å². The van der Waals surface area contributed by atoms with E-state index in [1.165, 1.54) is 19.4 Å². The highest BCUT2D eigenvalue weighted by Gasteiger charge is 2.22. The first kappa shape index (κ1) is 15.0. The Morgan fingerprint density at radius 1 is 1.35 bits per heavy atom. The molecule has 20 heavy (non-hydrogen) atoms. The van der Waals surface area contributed by atoms with Crippen LogP contribution in [0.15, 0.2) is 6.07 Å². The third-order valence-corrected chi connectivity index (χ3v) is 3.82. The number of hydrogen-bond acceptors (Lipinski definition) is 6. The zero-order chi connectivity index (χ0) is 14.4. The molecule has 1 aromatic heterocycles. The van der Waals surface area contributed by atoms with Gasteiger partial charge in [0, 0.05) is 25.1 Å². The summed E-state index contributed by atoms with van der Waals surface area (Å²) in [6, 6.07) is 2.48. The summed E-state index contributed by atoms with van der Waals surface area (Å²) in [6.45, 7) is 7.60. The topological polar surface area (TPSA) is 79.1 Å². The molecule has 1 aliphatic rings. The predicted octanol–water partition coefficient (Wildman–Crippen LogP) is 1.61. The predicted molar refractivity (Wildman–Crippen MR) is 82.6 cm³/mol. The molecule has 0 amide bonds. The van der Waals surface area contributed by atoms with Crippen LogP contribution in [0.2, 0.25) is 0 Å². The Kier molecular flexibility index (Phi) is 5.55. The molecule has 4 N–H and O–H groups in total. The molecule has 1 unspecified atom stereocenters. The monoisotopic (exact) mass is 278 g/mol. The van der Waals surface area contributed by atoms with E-state index < -0.39 is 0 Å². The fourth-order valence-corrected chi connectivity index (χ4v) is 2.76. The van der Waals surface area contributed by atoms with Gasteiger partial charge in [-0.25, -0.2) is 15.8 Å². The average molecular weight is 278 g/mol. The van der Waals surface area contributed by atoms with Crippen LogP contribution in [0.1, 0.15) is 38.9 Å². The van der Waals surface area contributed by atoms with Gasteiger partial charge in [0.1, 0.15) is 17.5 Å². The summed E-state index contributed by atoms with van der Waals surface area (Å²) in [4.78, 5) is 11.4. The molecule has 2 rings (SSSR count). The van der Waals surface area contributed by atoms with Crippen molar-refractivity contribution < 1.29 is 0 Å². The van der Waals surface area contributed by atoms with Crippen molar-refractivity contribution in [1.29, 1.82) is 0 Å². The minimum atomic E-state index is 0.610. The van der Waals surface area contributed by atoms with Crippen molar-refractivity contribution in [3.63, 3.8) is 0 Å². The van der Waals surface area contributed by atoms with Gasteiger partial charge in [-0.3, -0.25) is 4.90 Å². The number of nitrogen functional groups attached to an aromatic ring is 1. The van der Waals surface area contributed by atoms with Crippen molar-refractivity contribution >= 4 is 11.6 Å². The molecular weight excluding hydrogens is 252 g/mol. The summed E-state index contributed by atoms with van der Waals surface area (Å²) >= 11 is 0. The zero-order valence-electron chi connectivity index (χ0n) is 12.5. The third kappa shape index (κ3) is 3.80. The number of aryl methyl sites for hydroxylation is 1. The number of rotatable bonds is 7. The zero-order valence-corrected chi connectivity index (χ0v) is 12.5. The second kappa shape index (κ2) is 7.40. The van der Waals surface area contributed by atoms with Crippen LogP contribution in [0.3, 0.4) is 0 Å². The lowest BCUT2D eigenvalue weighted by Crippen LogP contribution is -2.34. The fourth-order valence-electron chi connectivity index (χ4n) is 2.76. The van der Waals surface area contributed by atoms with Crippen molar-refractivity contribution in [2.24, 2.45) is 5.84 Å². The van der Waals surface area contributed by atoms with Gasteiger partial charge in [0.15, 0.2) is 0 Å². The van der Waals surface area contributed by atoms with Crippen molar-refractivity contribution in [2.45, 2.75) is 45.6 Å². The van der Waals surface area contributed by atoms with Crippen LogP contribution in [-0.2, 0) is 6.42 Å². The number of nitrogens with zero attached hydrogens (tertiary/aromatic N) is 3. The van der Waals surface area contributed by atoms with Gasteiger partial charge in [0.05, 0.1) is 0 Å². The highest BCUT2D eigenvalue weighted by atomic mass is 15.3. The van der Waals surface area contributed by atoms with Crippen LogP contribution >= 0.6 is 0 Å². The van der Waals surface area contributed by atoms with E-state index in [-0.39, 0.29) is 0 Å². The maximum absolute atomic E-state index is 5.47. The van der Waals surface area contributed by atoms with Crippen LogP contribution in [0.5, 0.6) is 0 Å². The van der Waals surface area contributed by atoms with E-state index in [9.17, 15) is 0 Å². The molecule has 0 radical (unpaired) electrons. The van der Waals surface area contributed by atoms with Crippen molar-refractivity contribution in [3.8, 4) is 0 Å². The quantitative estimate of drug-likeness (QED) is 0.519. The van der Waals surface area contributed by atoms with Crippen LogP contribution in [0.4, 0.5) is 11.6 Å². The largest absolute Gasteiger partial charge is 0.368 e. The summed E-state index contributed by atoms with van der Waals surface area (Å²) in [6.07, 6.45) is 4.45. The Balaban J connectivity index is 1.99. The fraction of sp³-hybridized carbons (Fsp3) is 0.714. The average Bonchev–Trinajstić information content (AvgIpc) is 2.92. The minimum Gasteiger partial charge on any atom is -0.368 e. The molecule has 112 valence electrons. The third-order valence-electron chi connectivity index (χ3n) is 3.82. The highest BCUT2D eigenvalue weighted by Crippen LogP contribution is 2.18. The first-order valence-corrected chi connectivity index (χ1v) is 7.59. The summed E-state index contributed by atoms with van der Waals surface area (Å²) in [5.74, 6) is 7.84. The lowest BCUT2D eigenvalue weighted by molar-refractivity contribution is 0.277. The lowest BCUT2D eigenvalue weighted by Gasteiger charge is -2.23. The van der Waals surface area contributed by atoms with Gasteiger partial charge in [0.25, 0.3) is 0 Å². The summed E-state index contributed by atoms with van der Waals surface area (Å²) in [7, 11) is 0. The van der Waals surface area contributed by atoms with Crippen LogP contribution in [0, 0.1) is 0 Å². The lowest BCUT2D eigenvalue weighted by atomic mass is 10.2. The molecule has 0 saturated carbocycles. The summed E-state index contributed by atoms with van der Waals surface area (Å²) in [5, 5.41) is 3.44. The Bertz CT molecular complexity index is 422. The molecule has 1 atom stereocenters. The van der Waals surface area contributed by atoms with Gasteiger partial charge in [-0.15, -0.1) is 0 Å². The second-order valence-electron chi connectivity index (χ2n) is 5.25. The van der Waals surface area contributed by atoms with Crippen molar-refractivity contribution in [1.82, 2.24) is 14.9 Å². The number of nitrogens with two attached hydrogens (primary N) is 1. The molecule has 2 heterocycles. The van der Waals surface area contributed by atoms with E-state index in [2.05, 4.69) is 39.5 Å². The Hall–Kier alpha value is -1.40. The van der Waals surface area contributed by atoms with Crippen molar-refractivity contribution in [3.05, 3.63) is 11.9 Å². The van der Waals surface area contributed by atoms with E-state index in [1.807, 2.05) is 6.07 Å². The van der Waals surface area contributed by atoms with Gasteiger partial charge in [-0.05, 0) is 32.4 Å². The highest BCUT2D eigenvalue weighted by molar-refractivity contribution is 5.47. The molecule has 1 aromatic rings. The SMILES string of the molecule is CCCc1nc(NN)cc(NCC2CCCN2CC)n1. The van der Waals surface area contributed by atoms with E-state index in [4.69, 9.17) is 5.84 Å². The molecule has 1 saturated heterocycles.